The number of benzene rings is 2. The van der Waals surface area contributed by atoms with Gasteiger partial charge in [0.1, 0.15) is 24.2 Å². The molecular formula is C39H36N8O5S. The molecule has 268 valence electrons. The second-order valence-electron chi connectivity index (χ2n) is 13.3. The van der Waals surface area contributed by atoms with Crippen molar-refractivity contribution in [3.63, 3.8) is 0 Å². The Labute approximate surface area is 309 Å². The van der Waals surface area contributed by atoms with E-state index >= 15 is 0 Å². The van der Waals surface area contributed by atoms with E-state index in [9.17, 15) is 19.2 Å². The number of hydrogen-bond donors (Lipinski definition) is 2. The summed E-state index contributed by atoms with van der Waals surface area (Å²) in [6.45, 7) is 4.31. The van der Waals surface area contributed by atoms with Crippen molar-refractivity contribution in [2.24, 2.45) is 0 Å². The fourth-order valence-corrected chi connectivity index (χ4v) is 8.10. The first-order valence-electron chi connectivity index (χ1n) is 17.7. The minimum Gasteiger partial charge on any atom is -0.484 e. The number of unbranched alkanes of at least 4 members (excludes halogenated alkanes) is 2. The van der Waals surface area contributed by atoms with Gasteiger partial charge in [-0.2, -0.15) is 5.10 Å². The lowest BCUT2D eigenvalue weighted by Gasteiger charge is -2.27. The third-order valence-corrected chi connectivity index (χ3v) is 10.8. The Morgan fingerprint density at radius 3 is 2.72 bits per heavy atom. The predicted molar refractivity (Wildman–Crippen MR) is 195 cm³/mol. The number of anilines is 1. The van der Waals surface area contributed by atoms with Crippen LogP contribution in [0.25, 0.3) is 0 Å². The molecule has 3 aliphatic rings. The zero-order chi connectivity index (χ0) is 36.5. The van der Waals surface area contributed by atoms with Gasteiger partial charge in [0.15, 0.2) is 5.82 Å². The molecule has 1 fully saturated rings. The molecule has 5 aromatic rings. The number of imide groups is 2. The molecule has 2 aromatic carbocycles. The van der Waals surface area contributed by atoms with E-state index in [1.165, 1.54) is 5.56 Å². The van der Waals surface area contributed by atoms with E-state index in [4.69, 9.17) is 4.74 Å². The van der Waals surface area contributed by atoms with Crippen LogP contribution in [0.1, 0.15) is 90.9 Å². The second-order valence-corrected chi connectivity index (χ2v) is 14.4. The van der Waals surface area contributed by atoms with Gasteiger partial charge in [0.25, 0.3) is 11.8 Å². The van der Waals surface area contributed by atoms with Gasteiger partial charge in [0.05, 0.1) is 39.2 Å². The predicted octanol–water partition coefficient (Wildman–Crippen LogP) is 4.46. The van der Waals surface area contributed by atoms with E-state index < -0.39 is 29.7 Å². The summed E-state index contributed by atoms with van der Waals surface area (Å²) in [5, 5.41) is 18.6. The fraction of sp³-hybridized carbons (Fsp3) is 0.308. The lowest BCUT2D eigenvalue weighted by molar-refractivity contribution is -0.136. The van der Waals surface area contributed by atoms with Crippen LogP contribution in [0.4, 0.5) is 5.69 Å². The van der Waals surface area contributed by atoms with Gasteiger partial charge < -0.3 is 14.6 Å². The zero-order valence-electron chi connectivity index (χ0n) is 29.1. The maximum atomic E-state index is 13.3. The van der Waals surface area contributed by atoms with Crippen molar-refractivity contribution >= 4 is 40.7 Å². The number of aryl methyl sites for hydroxylation is 2. The summed E-state index contributed by atoms with van der Waals surface area (Å²) >= 11 is 1.66. The van der Waals surface area contributed by atoms with Crippen molar-refractivity contribution < 1.29 is 23.9 Å². The number of nitrogens with one attached hydrogen (secondary N) is 2. The van der Waals surface area contributed by atoms with Gasteiger partial charge in [-0.1, -0.05) is 48.2 Å². The molecule has 1 saturated heterocycles. The number of amides is 4. The zero-order valence-corrected chi connectivity index (χ0v) is 29.9. The first-order valence-corrected chi connectivity index (χ1v) is 18.5. The Morgan fingerprint density at radius 2 is 1.87 bits per heavy atom. The van der Waals surface area contributed by atoms with E-state index in [-0.39, 0.29) is 24.0 Å². The fourth-order valence-electron chi connectivity index (χ4n) is 6.99. The molecule has 14 heteroatoms. The van der Waals surface area contributed by atoms with Crippen molar-refractivity contribution in [2.45, 2.75) is 71.2 Å². The third-order valence-electron chi connectivity index (χ3n) is 9.71. The molecule has 0 radical (unpaired) electrons. The monoisotopic (exact) mass is 728 g/mol. The average Bonchev–Trinajstić information content (AvgIpc) is 3.88. The van der Waals surface area contributed by atoms with Gasteiger partial charge in [-0.05, 0) is 50.3 Å². The van der Waals surface area contributed by atoms with Crippen LogP contribution in [0.2, 0.25) is 0 Å². The molecule has 8 rings (SSSR count). The van der Waals surface area contributed by atoms with Gasteiger partial charge in [-0.3, -0.25) is 34.1 Å². The van der Waals surface area contributed by atoms with Gasteiger partial charge >= 0.3 is 0 Å². The van der Waals surface area contributed by atoms with Gasteiger partial charge in [0.2, 0.25) is 11.8 Å². The molecular weight excluding hydrogens is 693 g/mol. The van der Waals surface area contributed by atoms with Crippen molar-refractivity contribution in [1.82, 2.24) is 34.8 Å². The molecule has 6 heterocycles. The highest BCUT2D eigenvalue weighted by Gasteiger charge is 2.45. The van der Waals surface area contributed by atoms with Gasteiger partial charge in [0, 0.05) is 43.4 Å². The number of hydrogen-bond acceptors (Lipinski definition) is 10. The highest BCUT2D eigenvalue weighted by atomic mass is 32.1. The Kier molecular flexibility index (Phi) is 9.32. The number of carbonyl (C=O) groups excluding carboxylic acids is 4. The quantitative estimate of drug-likeness (QED) is 0.121. The Hall–Kier alpha value is -6.07. The lowest BCUT2D eigenvalue weighted by atomic mass is 10.0. The third kappa shape index (κ3) is 6.83. The molecule has 0 spiro atoms. The smallest absolute Gasteiger partial charge is 0.264 e. The maximum Gasteiger partial charge on any atom is 0.264 e. The normalized spacial score (nSPS) is 16.2. The van der Waals surface area contributed by atoms with E-state index in [0.29, 0.717) is 31.8 Å². The Bertz CT molecular complexity index is 2310. The molecule has 1 unspecified atom stereocenters. The minimum atomic E-state index is -0.992. The van der Waals surface area contributed by atoms with Crippen LogP contribution in [-0.2, 0) is 35.7 Å². The van der Waals surface area contributed by atoms with E-state index in [1.807, 2.05) is 36.0 Å². The lowest BCUT2D eigenvalue weighted by Crippen LogP contribution is -2.54. The summed E-state index contributed by atoms with van der Waals surface area (Å²) in [6.07, 6.45) is 7.32. The van der Waals surface area contributed by atoms with Gasteiger partial charge in [-0.15, -0.1) is 21.5 Å². The molecule has 1 atom stereocenters. The second kappa shape index (κ2) is 14.5. The highest BCUT2D eigenvalue weighted by molar-refractivity contribution is 7.13. The van der Waals surface area contributed by atoms with Crippen molar-refractivity contribution in [3.8, 4) is 17.6 Å². The molecule has 53 heavy (non-hydrogen) atoms. The van der Waals surface area contributed by atoms with Crippen molar-refractivity contribution in [2.75, 3.05) is 11.9 Å². The number of piperidine rings is 1. The SMILES string of the molecule is Cc1nnc2n1Cc1sc(C#Cc3cnn(CCCCCNc4cccc5c4C(=O)N(C4CCC(=O)NC4=O)C5=O)c3)c(Cc3ccccc3)c1OC2. The summed E-state index contributed by atoms with van der Waals surface area (Å²) < 4.78 is 10.3. The van der Waals surface area contributed by atoms with Crippen LogP contribution >= 0.6 is 11.3 Å². The molecule has 0 saturated carbocycles. The van der Waals surface area contributed by atoms with E-state index in [2.05, 4.69) is 54.5 Å². The number of thiophene rings is 1. The molecule has 2 N–H and O–H groups in total. The summed E-state index contributed by atoms with van der Waals surface area (Å²) in [4.78, 5) is 53.5. The van der Waals surface area contributed by atoms with Crippen LogP contribution in [0, 0.1) is 18.8 Å². The van der Waals surface area contributed by atoms with Crippen LogP contribution in [0.15, 0.2) is 60.9 Å². The van der Waals surface area contributed by atoms with E-state index in [1.54, 1.807) is 35.7 Å². The first-order chi connectivity index (χ1) is 25.8. The molecule has 3 aromatic heterocycles. The number of nitrogens with zero attached hydrogens (tertiary/aromatic N) is 6. The standard InChI is InChI=1S/C39H36N8O5S/c1-24-43-44-33-23-52-36-28(19-25-9-4-2-5-10-25)31(53-32(36)22-46(24)33)15-13-26-20-41-45(21-26)18-7-3-6-17-40-29-12-8-11-27-35(29)39(51)47(38(27)50)30-14-16-34(48)42-37(30)49/h2,4-5,8-12,20-21,30,40H,3,6-7,14,16-19,22-23H2,1H3,(H,42,48,49). The maximum absolute atomic E-state index is 13.3. The summed E-state index contributed by atoms with van der Waals surface area (Å²) in [6, 6.07) is 14.4. The number of rotatable bonds is 10. The van der Waals surface area contributed by atoms with Crippen LogP contribution in [0.3, 0.4) is 0 Å². The molecule has 3 aliphatic heterocycles. The summed E-state index contributed by atoms with van der Waals surface area (Å²) in [5.41, 5.74) is 4.20. The number of carbonyl (C=O) groups is 4. The topological polar surface area (TPSA) is 153 Å². The Balaban J connectivity index is 0.870. The molecule has 13 nitrogen and oxygen atoms in total. The van der Waals surface area contributed by atoms with Gasteiger partial charge in [-0.25, -0.2) is 0 Å². The molecule has 0 aliphatic carbocycles. The highest BCUT2D eigenvalue weighted by Crippen LogP contribution is 2.40. The van der Waals surface area contributed by atoms with E-state index in [0.717, 1.165) is 69.0 Å². The minimum absolute atomic E-state index is 0.0809. The molecule has 4 amide bonds. The van der Waals surface area contributed by atoms with Crippen molar-refractivity contribution in [1.29, 1.82) is 0 Å². The first kappa shape index (κ1) is 34.0. The van der Waals surface area contributed by atoms with Crippen molar-refractivity contribution in [3.05, 3.63) is 110 Å². The summed E-state index contributed by atoms with van der Waals surface area (Å²) in [5.74, 6) is 7.28. The number of fused-ring (bicyclic) bond motifs is 3. The largest absolute Gasteiger partial charge is 0.484 e. The van der Waals surface area contributed by atoms with Crippen LogP contribution in [0.5, 0.6) is 5.75 Å². The summed E-state index contributed by atoms with van der Waals surface area (Å²) in [7, 11) is 0. The van der Waals surface area contributed by atoms with Crippen LogP contribution in [-0.4, -0.2) is 65.7 Å². The molecule has 0 bridgehead atoms. The average molecular weight is 729 g/mol. The number of aromatic nitrogens is 5. The van der Waals surface area contributed by atoms with Crippen LogP contribution < -0.4 is 15.4 Å². The Morgan fingerprint density at radius 1 is 1.00 bits per heavy atom. The number of ether oxygens (including phenoxy) is 1.